The molecule has 2 aromatic rings. The van der Waals surface area contributed by atoms with Crippen molar-refractivity contribution in [3.05, 3.63) is 69.8 Å². The molecule has 0 amide bonds. The lowest BCUT2D eigenvalue weighted by Crippen LogP contribution is -2.67. The Hall–Kier alpha value is -5.06. The van der Waals surface area contributed by atoms with Crippen LogP contribution in [0.1, 0.15) is 166 Å². The molecule has 0 atom stereocenters. The molecule has 2 aromatic carbocycles. The molecule has 0 saturated carbocycles. The van der Waals surface area contributed by atoms with Gasteiger partial charge in [-0.3, -0.25) is 0 Å². The lowest BCUT2D eigenvalue weighted by atomic mass is 10.1. The zero-order valence-corrected chi connectivity index (χ0v) is 39.8. The number of aliphatic hydroxyl groups excluding tert-OH is 3. The van der Waals surface area contributed by atoms with E-state index in [1.54, 1.807) is 0 Å². The number of aliphatic hydroxyl groups is 3. The molecule has 19 N–H and O–H groups in total. The van der Waals surface area contributed by atoms with E-state index >= 15 is 0 Å². The molecule has 0 spiro atoms. The Balaban J connectivity index is -0.0000000936. The van der Waals surface area contributed by atoms with Crippen LogP contribution in [0.3, 0.4) is 0 Å². The number of benzene rings is 2. The van der Waals surface area contributed by atoms with Crippen LogP contribution >= 0.6 is 0 Å². The van der Waals surface area contributed by atoms with Gasteiger partial charge in [0.1, 0.15) is 0 Å². The van der Waals surface area contributed by atoms with Crippen LogP contribution in [0.5, 0.6) is 0 Å². The molecule has 0 saturated heterocycles. The molecule has 20 nitrogen and oxygen atoms in total. The fourth-order valence-electron chi connectivity index (χ4n) is 1.97. The van der Waals surface area contributed by atoms with Crippen LogP contribution in [0.4, 0.5) is 0 Å². The number of hydrogen-bond acceptors (Lipinski definition) is 14. The van der Waals surface area contributed by atoms with E-state index in [1.807, 2.05) is 0 Å². The minimum absolute atomic E-state index is 0.250. The molecule has 0 unspecified atom stereocenters. The average Bonchev–Trinajstić information content (AvgIpc) is 3.03. The third kappa shape index (κ3) is 83.5. The summed E-state index contributed by atoms with van der Waals surface area (Å²) in [5.41, 5.74) is 16.9. The van der Waals surface area contributed by atoms with Crippen LogP contribution in [0.25, 0.3) is 0 Å². The van der Waals surface area contributed by atoms with Gasteiger partial charge in [-0.05, 0) is 168 Å². The van der Waals surface area contributed by atoms with Gasteiger partial charge in [-0.25, -0.2) is 4.79 Å². The van der Waals surface area contributed by atoms with Gasteiger partial charge in [0.15, 0.2) is 0 Å². The molecule has 0 fully saturated rings. The summed E-state index contributed by atoms with van der Waals surface area (Å²) in [7, 11) is 3.00. The highest BCUT2D eigenvalue weighted by Crippen LogP contribution is 2.10. The Bertz CT molecular complexity index is 1200. The molecule has 0 aliphatic carbocycles. The lowest BCUT2D eigenvalue weighted by molar-refractivity contribution is -0.459. The van der Waals surface area contributed by atoms with Gasteiger partial charge in [0.2, 0.25) is 0 Å². The van der Waals surface area contributed by atoms with Gasteiger partial charge in [-0.1, -0.05) is 0 Å². The van der Waals surface area contributed by atoms with Gasteiger partial charge in [0.25, 0.3) is 0 Å². The first-order valence-electron chi connectivity index (χ1n) is 18.0. The zero-order valence-electron chi connectivity index (χ0n) is 39.8. The van der Waals surface area contributed by atoms with Crippen LogP contribution in [0, 0.1) is 0 Å². The van der Waals surface area contributed by atoms with Gasteiger partial charge in [0, 0.05) is 21.3 Å². The van der Waals surface area contributed by atoms with Crippen molar-refractivity contribution in [3.8, 4) is 0 Å². The number of rotatable bonds is 6. The van der Waals surface area contributed by atoms with Crippen LogP contribution in [-0.2, 0) is 0 Å². The molecular formula is C41H79N5O15. The van der Waals surface area contributed by atoms with Crippen molar-refractivity contribution in [1.82, 2.24) is 0 Å². The van der Waals surface area contributed by atoms with E-state index < -0.39 is 69.2 Å². The van der Waals surface area contributed by atoms with Crippen molar-refractivity contribution in [1.29, 1.82) is 0 Å². The number of quaternary nitrogens is 5. The second-order valence-corrected chi connectivity index (χ2v) is 18.1. The monoisotopic (exact) mass is 882 g/mol. The molecule has 0 radical (unpaired) electrons. The van der Waals surface area contributed by atoms with E-state index in [4.69, 9.17) is 20.4 Å². The number of aromatic carboxylic acids is 6. The Morgan fingerprint density at radius 3 is 0.475 bits per heavy atom. The number of hydrogen-bond donors (Lipinski definition) is 9. The molecule has 61 heavy (non-hydrogen) atoms. The zero-order chi connectivity index (χ0) is 51.7. The maximum Gasteiger partial charge on any atom is 0.335 e. The Labute approximate surface area is 361 Å². The summed E-state index contributed by atoms with van der Waals surface area (Å²) in [5.74, 6) is -9.77. The van der Waals surface area contributed by atoms with E-state index in [9.17, 15) is 54.3 Å². The van der Waals surface area contributed by atoms with Crippen molar-refractivity contribution in [2.45, 2.75) is 132 Å². The Morgan fingerprint density at radius 2 is 0.410 bits per heavy atom. The van der Waals surface area contributed by atoms with Crippen molar-refractivity contribution in [2.75, 3.05) is 21.3 Å². The summed E-state index contributed by atoms with van der Waals surface area (Å²) in [5, 5.41) is 81.7. The highest BCUT2D eigenvalue weighted by molar-refractivity contribution is 5.98. The van der Waals surface area contributed by atoms with E-state index in [-0.39, 0.29) is 27.7 Å². The molecule has 0 aliphatic rings. The third-order valence-electron chi connectivity index (χ3n) is 3.29. The van der Waals surface area contributed by atoms with E-state index in [1.165, 1.54) is 0 Å². The smallest absolute Gasteiger partial charge is 0.335 e. The van der Waals surface area contributed by atoms with Crippen molar-refractivity contribution < 1.29 is 103 Å². The second kappa shape index (κ2) is 35.7. The lowest BCUT2D eigenvalue weighted by Gasteiger charge is -2.11. The van der Waals surface area contributed by atoms with Crippen molar-refractivity contribution in [2.24, 2.45) is 0 Å². The first-order valence-corrected chi connectivity index (χ1v) is 18.0. The predicted molar refractivity (Wildman–Crippen MR) is 219 cm³/mol. The van der Waals surface area contributed by atoms with E-state index in [2.05, 4.69) is 133 Å². The van der Waals surface area contributed by atoms with Crippen molar-refractivity contribution >= 4 is 35.8 Å². The van der Waals surface area contributed by atoms with Crippen LogP contribution < -0.4 is 54.2 Å². The molecule has 0 aromatic heterocycles. The molecular weight excluding hydrogens is 802 g/mol. The van der Waals surface area contributed by atoms with Gasteiger partial charge in [-0.2, -0.15) is 0 Å². The maximum atomic E-state index is 10.5. The average molecular weight is 882 g/mol. The largest absolute Gasteiger partial charge is 0.545 e. The summed E-state index contributed by atoms with van der Waals surface area (Å²) in [6, 6.07) is 4.64. The number of carboxylic acids is 6. The summed E-state index contributed by atoms with van der Waals surface area (Å²) < 4.78 is 0. The predicted octanol–water partition coefficient (Wildman–Crippen LogP) is -6.15. The van der Waals surface area contributed by atoms with Crippen LogP contribution in [-0.4, -0.2) is 105 Å². The number of carbonyl (C=O) groups is 6. The summed E-state index contributed by atoms with van der Waals surface area (Å²) in [4.78, 5) is 62.6. The quantitative estimate of drug-likeness (QED) is 0.130. The number of carboxylic acid groups (broad SMARTS) is 6. The van der Waals surface area contributed by atoms with Crippen LogP contribution in [0.15, 0.2) is 36.4 Å². The van der Waals surface area contributed by atoms with Crippen LogP contribution in [0.2, 0.25) is 0 Å². The first kappa shape index (κ1) is 73.5. The van der Waals surface area contributed by atoms with Gasteiger partial charge < -0.3 is 98.6 Å². The molecule has 358 valence electrons. The Morgan fingerprint density at radius 1 is 0.328 bits per heavy atom. The summed E-state index contributed by atoms with van der Waals surface area (Å²) >= 11 is 0. The SMILES string of the molecule is CC(C)(C)[NH3+].CC(C)(C)[NH3+].CC(C)(C)[NH3+].CC(C)(C)[NH3+].CC(C)(C)[NH3+].CO.CO.CO.O=C([O-])c1cc(C(=O)[O-])cc(C(=O)O)c1.O=C([O-])c1cc(C(=O)[O-])cc(C(=O)[O-])c1. The molecule has 2 rings (SSSR count). The van der Waals surface area contributed by atoms with Gasteiger partial charge in [0.05, 0.1) is 63.1 Å². The molecule has 0 heterocycles. The molecule has 20 heteroatoms. The van der Waals surface area contributed by atoms with Gasteiger partial charge in [-0.15, -0.1) is 0 Å². The maximum absolute atomic E-state index is 10.5. The molecule has 0 bridgehead atoms. The minimum atomic E-state index is -1.68. The van der Waals surface area contributed by atoms with E-state index in [0.29, 0.717) is 0 Å². The fourth-order valence-corrected chi connectivity index (χ4v) is 1.97. The summed E-state index contributed by atoms with van der Waals surface area (Å²) in [6.07, 6.45) is 0. The standard InChI is InChI=1S/2C9H6O6.5C4H11N.3CH4O/c2*10-7(11)4-1-5(8(12)13)3-6(2-4)9(14)15;5*1-4(2,3)5;3*1-2/h2*1-3H,(H,10,11)(H,12,13)(H,14,15);5*5H2,1-3H3;3*2H,1H3. The minimum Gasteiger partial charge on any atom is -0.545 e. The highest BCUT2D eigenvalue weighted by Gasteiger charge is 2.08. The fraction of sp³-hybridized carbons (Fsp3) is 0.561. The van der Waals surface area contributed by atoms with Gasteiger partial charge >= 0.3 is 5.97 Å². The van der Waals surface area contributed by atoms with E-state index in [0.717, 1.165) is 57.7 Å². The second-order valence-electron chi connectivity index (χ2n) is 18.1. The van der Waals surface area contributed by atoms with Crippen molar-refractivity contribution in [3.63, 3.8) is 0 Å². The third-order valence-corrected chi connectivity index (χ3v) is 3.29. The summed E-state index contributed by atoms with van der Waals surface area (Å²) in [6.45, 7) is 31.1. The highest BCUT2D eigenvalue weighted by atomic mass is 16.4. The Kier molecular flexibility index (Phi) is 43.0. The number of carbonyl (C=O) groups excluding carboxylic acids is 5. The first-order chi connectivity index (χ1) is 26.8. The normalized spacial score (nSPS) is 9.93. The topological polar surface area (TPSA) is 437 Å². The molecule has 0 aliphatic heterocycles.